The number of hydrogen-bond donors (Lipinski definition) is 2. The summed E-state index contributed by atoms with van der Waals surface area (Å²) in [5, 5.41) is 12.5. The third kappa shape index (κ3) is 5.34. The number of carbonyl (C=O) groups excluding carboxylic acids is 2. The first-order chi connectivity index (χ1) is 13.0. The molecule has 0 bridgehead atoms. The van der Waals surface area contributed by atoms with Crippen molar-refractivity contribution >= 4 is 45.7 Å². The molecule has 6 nitrogen and oxygen atoms in total. The third-order valence-electron chi connectivity index (χ3n) is 4.08. The van der Waals surface area contributed by atoms with Gasteiger partial charge < -0.3 is 9.84 Å². The molecule has 2 aromatic rings. The number of rotatable bonds is 8. The van der Waals surface area contributed by atoms with Crippen LogP contribution in [0.5, 0.6) is 5.75 Å². The Morgan fingerprint density at radius 2 is 1.85 bits per heavy atom. The van der Waals surface area contributed by atoms with Gasteiger partial charge in [-0.3, -0.25) is 19.7 Å². The van der Waals surface area contributed by atoms with Crippen molar-refractivity contribution in [2.45, 2.75) is 25.7 Å². The molecule has 2 aromatic carbocycles. The van der Waals surface area contributed by atoms with Crippen LogP contribution in [-0.2, 0) is 9.59 Å². The van der Waals surface area contributed by atoms with E-state index in [4.69, 9.17) is 9.84 Å². The molecule has 1 heterocycles. The lowest BCUT2D eigenvalue weighted by molar-refractivity contribution is -0.137. The number of thioether (sulfide) groups is 1. The van der Waals surface area contributed by atoms with Gasteiger partial charge in [-0.05, 0) is 71.6 Å². The first-order valence-electron chi connectivity index (χ1n) is 8.64. The lowest BCUT2D eigenvalue weighted by Gasteiger charge is -2.08. The third-order valence-corrected chi connectivity index (χ3v) is 4.89. The highest BCUT2D eigenvalue weighted by atomic mass is 32.2. The second kappa shape index (κ2) is 8.73. The number of fused-ring (bicyclic) bond motifs is 1. The molecule has 0 spiro atoms. The summed E-state index contributed by atoms with van der Waals surface area (Å²) in [6.07, 6.45) is 4.20. The van der Waals surface area contributed by atoms with Crippen LogP contribution in [0.4, 0.5) is 4.79 Å². The number of unbranched alkanes of at least 4 members (excludes halogenated alkanes) is 2. The van der Waals surface area contributed by atoms with Crippen molar-refractivity contribution in [2.24, 2.45) is 0 Å². The molecule has 1 aliphatic heterocycles. The van der Waals surface area contributed by atoms with E-state index in [-0.39, 0.29) is 17.6 Å². The summed E-state index contributed by atoms with van der Waals surface area (Å²) in [4.78, 5) is 33.7. The Bertz CT molecular complexity index is 922. The number of hydrogen-bond acceptors (Lipinski definition) is 5. The molecular formula is C20H19NO5S. The van der Waals surface area contributed by atoms with Crippen LogP contribution in [0.1, 0.15) is 31.2 Å². The molecule has 7 heteroatoms. The van der Waals surface area contributed by atoms with E-state index in [2.05, 4.69) is 5.32 Å². The summed E-state index contributed by atoms with van der Waals surface area (Å²) in [6, 6.07) is 11.6. The van der Waals surface area contributed by atoms with E-state index >= 15 is 0 Å². The highest BCUT2D eigenvalue weighted by Crippen LogP contribution is 2.28. The molecular weight excluding hydrogens is 366 g/mol. The van der Waals surface area contributed by atoms with Crippen molar-refractivity contribution in [1.82, 2.24) is 5.32 Å². The topological polar surface area (TPSA) is 92.7 Å². The van der Waals surface area contributed by atoms with Gasteiger partial charge in [-0.1, -0.05) is 18.2 Å². The molecule has 0 radical (unpaired) electrons. The minimum absolute atomic E-state index is 0.197. The van der Waals surface area contributed by atoms with Crippen molar-refractivity contribution < 1.29 is 24.2 Å². The van der Waals surface area contributed by atoms with Gasteiger partial charge in [0.15, 0.2) is 0 Å². The fourth-order valence-electron chi connectivity index (χ4n) is 2.74. The number of imide groups is 1. The van der Waals surface area contributed by atoms with E-state index in [9.17, 15) is 14.4 Å². The summed E-state index contributed by atoms with van der Waals surface area (Å²) in [5.41, 5.74) is 0.849. The standard InChI is InChI=1S/C20H19NO5S/c22-18(23)4-2-1-3-9-26-16-8-7-14-10-13(5-6-15(14)12-16)11-17-19(24)21-20(25)27-17/h5-8,10-12H,1-4,9H2,(H,22,23)(H,21,24,25)/b17-11+. The molecule has 0 atom stereocenters. The Balaban J connectivity index is 1.60. The van der Waals surface area contributed by atoms with Crippen LogP contribution in [0.15, 0.2) is 41.3 Å². The summed E-state index contributed by atoms with van der Waals surface area (Å²) < 4.78 is 5.73. The number of amides is 2. The highest BCUT2D eigenvalue weighted by molar-refractivity contribution is 8.18. The van der Waals surface area contributed by atoms with E-state index in [1.165, 1.54) is 0 Å². The van der Waals surface area contributed by atoms with Crippen molar-refractivity contribution in [3.8, 4) is 5.75 Å². The normalized spacial score (nSPS) is 15.3. The number of nitrogens with one attached hydrogen (secondary N) is 1. The summed E-state index contributed by atoms with van der Waals surface area (Å²) in [7, 11) is 0. The van der Waals surface area contributed by atoms with Gasteiger partial charge in [0.25, 0.3) is 11.1 Å². The van der Waals surface area contributed by atoms with Crippen molar-refractivity contribution in [1.29, 1.82) is 0 Å². The van der Waals surface area contributed by atoms with Crippen LogP contribution >= 0.6 is 11.8 Å². The molecule has 0 unspecified atom stereocenters. The number of ether oxygens (including phenoxy) is 1. The quantitative estimate of drug-likeness (QED) is 0.523. The van der Waals surface area contributed by atoms with Crippen LogP contribution < -0.4 is 10.1 Å². The molecule has 1 saturated heterocycles. The number of benzene rings is 2. The van der Waals surface area contributed by atoms with Gasteiger partial charge >= 0.3 is 5.97 Å². The summed E-state index contributed by atoms with van der Waals surface area (Å²) in [5.74, 6) is -0.362. The van der Waals surface area contributed by atoms with E-state index in [0.29, 0.717) is 17.9 Å². The van der Waals surface area contributed by atoms with Gasteiger partial charge in [0.1, 0.15) is 5.75 Å². The highest BCUT2D eigenvalue weighted by Gasteiger charge is 2.24. The average Bonchev–Trinajstić information content (AvgIpc) is 2.94. The maximum absolute atomic E-state index is 11.6. The van der Waals surface area contributed by atoms with E-state index in [1.807, 2.05) is 36.4 Å². The lowest BCUT2D eigenvalue weighted by atomic mass is 10.1. The molecule has 0 saturated carbocycles. The Hall–Kier alpha value is -2.80. The number of aliphatic carboxylic acids is 1. The van der Waals surface area contributed by atoms with Gasteiger partial charge in [0.2, 0.25) is 0 Å². The molecule has 27 heavy (non-hydrogen) atoms. The van der Waals surface area contributed by atoms with Gasteiger partial charge in [0, 0.05) is 6.42 Å². The maximum Gasteiger partial charge on any atom is 0.303 e. The largest absolute Gasteiger partial charge is 0.494 e. The van der Waals surface area contributed by atoms with Crippen LogP contribution in [0.2, 0.25) is 0 Å². The zero-order valence-electron chi connectivity index (χ0n) is 14.6. The Morgan fingerprint density at radius 3 is 2.59 bits per heavy atom. The predicted molar refractivity (Wildman–Crippen MR) is 105 cm³/mol. The molecule has 2 N–H and O–H groups in total. The van der Waals surface area contributed by atoms with Gasteiger partial charge in [0.05, 0.1) is 11.5 Å². The molecule has 1 fully saturated rings. The number of carboxylic acids is 1. The fourth-order valence-corrected chi connectivity index (χ4v) is 3.42. The zero-order chi connectivity index (χ0) is 19.2. The molecule has 2 amide bonds. The first-order valence-corrected chi connectivity index (χ1v) is 9.46. The second-order valence-electron chi connectivity index (χ2n) is 6.17. The van der Waals surface area contributed by atoms with E-state index in [1.54, 1.807) is 6.08 Å². The molecule has 1 aliphatic rings. The number of carboxylic acid groups (broad SMARTS) is 1. The minimum Gasteiger partial charge on any atom is -0.494 e. The van der Waals surface area contributed by atoms with E-state index in [0.717, 1.165) is 46.7 Å². The van der Waals surface area contributed by atoms with Crippen LogP contribution in [-0.4, -0.2) is 28.8 Å². The van der Waals surface area contributed by atoms with E-state index < -0.39 is 5.97 Å². The molecule has 3 rings (SSSR count). The first kappa shape index (κ1) is 19.0. The van der Waals surface area contributed by atoms with Gasteiger partial charge in [-0.25, -0.2) is 0 Å². The minimum atomic E-state index is -0.765. The van der Waals surface area contributed by atoms with Crippen molar-refractivity contribution in [3.05, 3.63) is 46.9 Å². The van der Waals surface area contributed by atoms with Crippen molar-refractivity contribution in [2.75, 3.05) is 6.61 Å². The second-order valence-corrected chi connectivity index (χ2v) is 7.19. The zero-order valence-corrected chi connectivity index (χ0v) is 15.4. The maximum atomic E-state index is 11.6. The fraction of sp³-hybridized carbons (Fsp3) is 0.250. The van der Waals surface area contributed by atoms with Crippen LogP contribution in [0.3, 0.4) is 0 Å². The van der Waals surface area contributed by atoms with Crippen molar-refractivity contribution in [3.63, 3.8) is 0 Å². The van der Waals surface area contributed by atoms with Gasteiger partial charge in [-0.15, -0.1) is 0 Å². The monoisotopic (exact) mass is 385 g/mol. The lowest BCUT2D eigenvalue weighted by Crippen LogP contribution is -2.17. The van der Waals surface area contributed by atoms with Crippen LogP contribution in [0.25, 0.3) is 16.8 Å². The average molecular weight is 385 g/mol. The summed E-state index contributed by atoms with van der Waals surface area (Å²) in [6.45, 7) is 0.551. The molecule has 0 aliphatic carbocycles. The Kier molecular flexibility index (Phi) is 6.13. The molecule has 140 valence electrons. The Labute approximate surface area is 160 Å². The Morgan fingerprint density at radius 1 is 1.07 bits per heavy atom. The smallest absolute Gasteiger partial charge is 0.303 e. The predicted octanol–water partition coefficient (Wildman–Crippen LogP) is 4.19. The van der Waals surface area contributed by atoms with Gasteiger partial charge in [-0.2, -0.15) is 0 Å². The molecule has 0 aromatic heterocycles. The summed E-state index contributed by atoms with van der Waals surface area (Å²) >= 11 is 0.901. The number of carbonyl (C=O) groups is 3. The SMILES string of the molecule is O=C(O)CCCCCOc1ccc2cc(/C=C3/SC(=O)NC3=O)ccc2c1. The van der Waals surface area contributed by atoms with Crippen LogP contribution in [0, 0.1) is 0 Å².